The van der Waals surface area contributed by atoms with Crippen LogP contribution in [0.2, 0.25) is 5.02 Å². The second kappa shape index (κ2) is 10.8. The summed E-state index contributed by atoms with van der Waals surface area (Å²) in [5.74, 6) is 0.495. The average Bonchev–Trinajstić information content (AvgIpc) is 3.21. The fourth-order valence-corrected chi connectivity index (χ4v) is 4.93. The van der Waals surface area contributed by atoms with Gasteiger partial charge in [-0.25, -0.2) is 0 Å². The maximum Gasteiger partial charge on any atom is 0.276 e. The number of rotatable bonds is 3. The third-order valence-corrected chi connectivity index (χ3v) is 6.79. The molecule has 4 rings (SSSR count). The Morgan fingerprint density at radius 3 is 2.85 bits per heavy atom. The van der Waals surface area contributed by atoms with Gasteiger partial charge >= 0.3 is 0 Å². The smallest absolute Gasteiger partial charge is 0.276 e. The number of fused-ring (bicyclic) bond motifs is 1. The van der Waals surface area contributed by atoms with Crippen LogP contribution in [0.4, 0.5) is 0 Å². The molecule has 1 spiro atoms. The van der Waals surface area contributed by atoms with Crippen molar-refractivity contribution < 1.29 is 19.1 Å². The quantitative estimate of drug-likeness (QED) is 0.661. The van der Waals surface area contributed by atoms with Crippen molar-refractivity contribution >= 4 is 23.4 Å². The maximum atomic E-state index is 13.6. The van der Waals surface area contributed by atoms with Crippen molar-refractivity contribution in [1.82, 2.24) is 19.6 Å². The Labute approximate surface area is 205 Å². The summed E-state index contributed by atoms with van der Waals surface area (Å²) in [7, 11) is 1.76. The van der Waals surface area contributed by atoms with Crippen molar-refractivity contribution in [3.05, 3.63) is 46.7 Å². The molecule has 1 atom stereocenters. The van der Waals surface area contributed by atoms with Crippen molar-refractivity contribution in [3.63, 3.8) is 0 Å². The molecule has 1 saturated heterocycles. The lowest BCUT2D eigenvalue weighted by atomic mass is 9.91. The number of morpholine rings is 1. The van der Waals surface area contributed by atoms with Gasteiger partial charge in [-0.2, -0.15) is 5.10 Å². The van der Waals surface area contributed by atoms with Crippen LogP contribution in [0.1, 0.15) is 48.7 Å². The summed E-state index contributed by atoms with van der Waals surface area (Å²) >= 11 is 6.34. The Morgan fingerprint density at radius 1 is 1.21 bits per heavy atom. The molecule has 9 heteroatoms. The van der Waals surface area contributed by atoms with E-state index in [0.29, 0.717) is 37.7 Å². The van der Waals surface area contributed by atoms with E-state index in [1.165, 1.54) is 5.56 Å². The van der Waals surface area contributed by atoms with Gasteiger partial charge in [0.05, 0.1) is 24.7 Å². The second-order valence-electron chi connectivity index (χ2n) is 9.05. The highest BCUT2D eigenvalue weighted by molar-refractivity contribution is 6.33. The van der Waals surface area contributed by atoms with E-state index in [1.807, 2.05) is 25.1 Å². The van der Waals surface area contributed by atoms with Crippen LogP contribution in [0.15, 0.2) is 30.5 Å². The molecule has 3 heterocycles. The zero-order valence-electron chi connectivity index (χ0n) is 20.0. The number of aromatic nitrogens is 2. The van der Waals surface area contributed by atoms with Gasteiger partial charge in [-0.3, -0.25) is 14.3 Å². The van der Waals surface area contributed by atoms with E-state index in [9.17, 15) is 9.59 Å². The molecule has 1 aromatic carbocycles. The molecule has 0 aliphatic carbocycles. The molecule has 8 nitrogen and oxygen atoms in total. The normalized spacial score (nSPS) is 22.0. The maximum absolute atomic E-state index is 13.6. The number of benzene rings is 1. The molecule has 2 aromatic rings. The number of amides is 2. The van der Waals surface area contributed by atoms with Gasteiger partial charge in [-0.1, -0.05) is 36.7 Å². The summed E-state index contributed by atoms with van der Waals surface area (Å²) in [4.78, 5) is 30.3. The monoisotopic (exact) mass is 488 g/mol. The van der Waals surface area contributed by atoms with Gasteiger partial charge in [0.15, 0.2) is 11.3 Å². The highest BCUT2D eigenvalue weighted by Crippen LogP contribution is 2.30. The molecule has 0 radical (unpaired) electrons. The third-order valence-electron chi connectivity index (χ3n) is 6.52. The molecular formula is C25H33ClN4O4. The highest BCUT2D eigenvalue weighted by atomic mass is 35.5. The van der Waals surface area contributed by atoms with Crippen LogP contribution in [0.25, 0.3) is 0 Å². The number of ether oxygens (including phenoxy) is 2. The van der Waals surface area contributed by atoms with Crippen LogP contribution in [0.3, 0.4) is 0 Å². The first-order chi connectivity index (χ1) is 16.4. The molecule has 1 unspecified atom stereocenters. The Kier molecular flexibility index (Phi) is 7.78. The molecule has 2 aliphatic rings. The summed E-state index contributed by atoms with van der Waals surface area (Å²) in [5.41, 5.74) is 0.315. The number of aryl methyl sites for hydroxylation is 2. The van der Waals surface area contributed by atoms with Crippen molar-refractivity contribution in [2.75, 3.05) is 39.9 Å². The summed E-state index contributed by atoms with van der Waals surface area (Å²) in [6.07, 6.45) is 5.67. The predicted molar refractivity (Wildman–Crippen MR) is 129 cm³/mol. The Morgan fingerprint density at radius 2 is 2.03 bits per heavy atom. The predicted octanol–water partition coefficient (Wildman–Crippen LogP) is 3.42. The molecular weight excluding hydrogens is 456 g/mol. The molecule has 184 valence electrons. The number of carbonyl (C=O) groups excluding carboxylic acids is 2. The fraction of sp³-hybridized carbons (Fsp3) is 0.560. The van der Waals surface area contributed by atoms with Crippen LogP contribution in [0.5, 0.6) is 5.75 Å². The van der Waals surface area contributed by atoms with Crippen LogP contribution in [-0.2, 0) is 22.5 Å². The second-order valence-corrected chi connectivity index (χ2v) is 9.46. The lowest BCUT2D eigenvalue weighted by Crippen LogP contribution is -2.61. The van der Waals surface area contributed by atoms with E-state index in [4.69, 9.17) is 21.1 Å². The zero-order valence-corrected chi connectivity index (χ0v) is 20.7. The first kappa shape index (κ1) is 24.5. The van der Waals surface area contributed by atoms with Crippen molar-refractivity contribution in [3.8, 4) is 5.75 Å². The molecule has 2 aliphatic heterocycles. The van der Waals surface area contributed by atoms with Gasteiger partial charge in [0.2, 0.25) is 0 Å². The van der Waals surface area contributed by atoms with Crippen molar-refractivity contribution in [2.45, 2.75) is 51.2 Å². The van der Waals surface area contributed by atoms with E-state index in [1.54, 1.807) is 27.7 Å². The number of hydrogen-bond acceptors (Lipinski definition) is 5. The largest absolute Gasteiger partial charge is 0.491 e. The van der Waals surface area contributed by atoms with E-state index >= 15 is 0 Å². The number of para-hydroxylation sites is 1. The number of nitrogens with zero attached hydrogens (tertiary/aromatic N) is 4. The fourth-order valence-electron chi connectivity index (χ4n) is 4.70. The van der Waals surface area contributed by atoms with E-state index < -0.39 is 5.60 Å². The third kappa shape index (κ3) is 5.23. The molecule has 0 saturated carbocycles. The minimum atomic E-state index is -1.08. The van der Waals surface area contributed by atoms with E-state index in [0.717, 1.165) is 31.4 Å². The summed E-state index contributed by atoms with van der Waals surface area (Å²) in [5, 5.41) is 4.72. The van der Waals surface area contributed by atoms with E-state index in [-0.39, 0.29) is 30.7 Å². The standard InChI is InChI=1S/C25H33ClN4O4/c1-3-12-30-17-20(26)22(27-30)23(31)29-14-16-34-25(18-29)11-7-6-9-19-8-4-5-10-21(19)33-15-13-28(2)24(25)32/h4-5,8,10,17H,3,6-7,9,11-16,18H2,1-2H3. The van der Waals surface area contributed by atoms with Crippen LogP contribution in [-0.4, -0.2) is 76.9 Å². The molecule has 2 amide bonds. The summed E-state index contributed by atoms with van der Waals surface area (Å²) in [6.45, 7) is 4.42. The van der Waals surface area contributed by atoms with Gasteiger partial charge in [0.25, 0.3) is 11.8 Å². The van der Waals surface area contributed by atoms with Crippen LogP contribution < -0.4 is 4.74 Å². The molecule has 1 aromatic heterocycles. The average molecular weight is 489 g/mol. The summed E-state index contributed by atoms with van der Waals surface area (Å²) in [6, 6.07) is 8.05. The van der Waals surface area contributed by atoms with Crippen molar-refractivity contribution in [1.29, 1.82) is 0 Å². The topological polar surface area (TPSA) is 76.9 Å². The summed E-state index contributed by atoms with van der Waals surface area (Å²) < 4.78 is 13.8. The Balaban J connectivity index is 1.53. The highest BCUT2D eigenvalue weighted by Gasteiger charge is 2.46. The first-order valence-corrected chi connectivity index (χ1v) is 12.4. The number of hydrogen-bond donors (Lipinski definition) is 0. The van der Waals surface area contributed by atoms with Gasteiger partial charge in [-0.05, 0) is 43.7 Å². The van der Waals surface area contributed by atoms with E-state index in [2.05, 4.69) is 11.2 Å². The number of likely N-dealkylation sites (N-methyl/N-ethyl adjacent to an activating group) is 1. The van der Waals surface area contributed by atoms with Gasteiger partial charge in [-0.15, -0.1) is 0 Å². The van der Waals surface area contributed by atoms with Gasteiger partial charge < -0.3 is 19.3 Å². The molecule has 34 heavy (non-hydrogen) atoms. The minimum Gasteiger partial charge on any atom is -0.491 e. The SMILES string of the molecule is CCCn1cc(Cl)c(C(=O)N2CCOC3(CCCCc4ccccc4OCCN(C)C3=O)C2)n1. The lowest BCUT2D eigenvalue weighted by molar-refractivity contribution is -0.169. The molecule has 1 fully saturated rings. The number of halogens is 1. The van der Waals surface area contributed by atoms with Crippen LogP contribution in [0, 0.1) is 0 Å². The van der Waals surface area contributed by atoms with Crippen molar-refractivity contribution in [2.24, 2.45) is 0 Å². The van der Waals surface area contributed by atoms with Gasteiger partial charge in [0, 0.05) is 26.3 Å². The minimum absolute atomic E-state index is 0.120. The zero-order chi connectivity index (χ0) is 24.1. The number of carbonyl (C=O) groups is 2. The molecule has 0 N–H and O–H groups in total. The Bertz CT molecular complexity index is 1030. The lowest BCUT2D eigenvalue weighted by Gasteiger charge is -2.43. The Hall–Kier alpha value is -2.58. The van der Waals surface area contributed by atoms with Crippen LogP contribution >= 0.6 is 11.6 Å². The first-order valence-electron chi connectivity index (χ1n) is 12.1. The molecule has 0 bridgehead atoms. The van der Waals surface area contributed by atoms with Gasteiger partial charge in [0.1, 0.15) is 12.4 Å².